The lowest BCUT2D eigenvalue weighted by Gasteiger charge is -2.25. The number of nitrogens with zero attached hydrogens (tertiary/aromatic N) is 2. The van der Waals surface area contributed by atoms with Crippen molar-refractivity contribution < 1.29 is 27.5 Å². The standard InChI is InChI=1S/C18H13F3N4O3/c19-18(20,21)28-11-7-5-10(6-8-11)22-16(27)14-9-15(26)24-17-23-12-3-1-2-4-13(12)25(14)17/h1-8,14H,9H2,(H,22,27)(H,23,24,26). The molecule has 1 aliphatic heterocycles. The van der Waals surface area contributed by atoms with Crippen molar-refractivity contribution in [1.29, 1.82) is 0 Å². The number of ether oxygens (including phenoxy) is 1. The zero-order valence-corrected chi connectivity index (χ0v) is 14.2. The van der Waals surface area contributed by atoms with E-state index in [2.05, 4.69) is 20.4 Å². The molecule has 1 unspecified atom stereocenters. The van der Waals surface area contributed by atoms with E-state index in [1.165, 1.54) is 12.1 Å². The van der Waals surface area contributed by atoms with Crippen molar-refractivity contribution in [2.24, 2.45) is 0 Å². The van der Waals surface area contributed by atoms with E-state index < -0.39 is 24.1 Å². The summed E-state index contributed by atoms with van der Waals surface area (Å²) in [6, 6.07) is 11.0. The van der Waals surface area contributed by atoms with Gasteiger partial charge in [0.05, 0.1) is 17.5 Å². The fraction of sp³-hybridized carbons (Fsp3) is 0.167. The Morgan fingerprint density at radius 2 is 1.89 bits per heavy atom. The summed E-state index contributed by atoms with van der Waals surface area (Å²) in [6.07, 6.45) is -4.88. The molecule has 2 N–H and O–H groups in total. The van der Waals surface area contributed by atoms with E-state index in [1.807, 2.05) is 0 Å². The van der Waals surface area contributed by atoms with Crippen LogP contribution in [0.25, 0.3) is 11.0 Å². The van der Waals surface area contributed by atoms with Gasteiger partial charge < -0.3 is 10.1 Å². The van der Waals surface area contributed by atoms with Crippen LogP contribution in [0.4, 0.5) is 24.8 Å². The monoisotopic (exact) mass is 390 g/mol. The number of benzene rings is 2. The second-order valence-corrected chi connectivity index (χ2v) is 6.12. The molecule has 0 bridgehead atoms. The molecule has 144 valence electrons. The maximum absolute atomic E-state index is 12.8. The Kier molecular flexibility index (Phi) is 4.17. The molecule has 0 aliphatic carbocycles. The van der Waals surface area contributed by atoms with Gasteiger partial charge in [0.2, 0.25) is 17.8 Å². The second kappa shape index (κ2) is 6.55. The lowest BCUT2D eigenvalue weighted by Crippen LogP contribution is -2.35. The van der Waals surface area contributed by atoms with Crippen LogP contribution in [0.3, 0.4) is 0 Å². The highest BCUT2D eigenvalue weighted by Crippen LogP contribution is 2.31. The van der Waals surface area contributed by atoms with Gasteiger partial charge in [0.15, 0.2) is 0 Å². The van der Waals surface area contributed by atoms with Gasteiger partial charge in [0.1, 0.15) is 11.8 Å². The largest absolute Gasteiger partial charge is 0.573 e. The third-order valence-corrected chi connectivity index (χ3v) is 4.20. The third-order valence-electron chi connectivity index (χ3n) is 4.20. The van der Waals surface area contributed by atoms with Gasteiger partial charge in [-0.25, -0.2) is 4.98 Å². The minimum Gasteiger partial charge on any atom is -0.406 e. The van der Waals surface area contributed by atoms with E-state index in [0.29, 0.717) is 11.0 Å². The van der Waals surface area contributed by atoms with E-state index in [-0.39, 0.29) is 24.0 Å². The molecule has 0 saturated heterocycles. The van der Waals surface area contributed by atoms with Crippen molar-refractivity contribution in [3.63, 3.8) is 0 Å². The van der Waals surface area contributed by atoms with Gasteiger partial charge in [0, 0.05) is 5.69 Å². The highest BCUT2D eigenvalue weighted by atomic mass is 19.4. The van der Waals surface area contributed by atoms with Gasteiger partial charge in [-0.1, -0.05) is 12.1 Å². The van der Waals surface area contributed by atoms with Gasteiger partial charge >= 0.3 is 6.36 Å². The maximum Gasteiger partial charge on any atom is 0.573 e. The highest BCUT2D eigenvalue weighted by Gasteiger charge is 2.33. The Morgan fingerprint density at radius 3 is 2.61 bits per heavy atom. The molecule has 1 aliphatic rings. The average molecular weight is 390 g/mol. The molecular formula is C18H13F3N4O3. The van der Waals surface area contributed by atoms with Crippen molar-refractivity contribution in [2.45, 2.75) is 18.8 Å². The van der Waals surface area contributed by atoms with Crippen LogP contribution in [0.1, 0.15) is 12.5 Å². The van der Waals surface area contributed by atoms with Crippen molar-refractivity contribution in [3.05, 3.63) is 48.5 Å². The fourth-order valence-corrected chi connectivity index (χ4v) is 3.07. The first kappa shape index (κ1) is 17.8. The van der Waals surface area contributed by atoms with Gasteiger partial charge in [-0.3, -0.25) is 19.5 Å². The zero-order valence-electron chi connectivity index (χ0n) is 14.2. The summed E-state index contributed by atoms with van der Waals surface area (Å²) in [5.74, 6) is -0.961. The van der Waals surface area contributed by atoms with Crippen LogP contribution in [-0.4, -0.2) is 27.7 Å². The number of alkyl halides is 3. The average Bonchev–Trinajstić information content (AvgIpc) is 2.99. The number of anilines is 2. The minimum atomic E-state index is -4.79. The van der Waals surface area contributed by atoms with Crippen LogP contribution in [0.15, 0.2) is 48.5 Å². The maximum atomic E-state index is 12.8. The highest BCUT2D eigenvalue weighted by molar-refractivity contribution is 6.02. The van der Waals surface area contributed by atoms with Crippen LogP contribution in [0.2, 0.25) is 0 Å². The Hall–Kier alpha value is -3.56. The molecule has 1 aromatic heterocycles. The molecule has 1 atom stereocenters. The Bertz CT molecular complexity index is 1060. The van der Waals surface area contributed by atoms with E-state index in [1.54, 1.807) is 28.8 Å². The number of para-hydroxylation sites is 2. The molecule has 3 aromatic rings. The number of nitrogens with one attached hydrogen (secondary N) is 2. The molecule has 28 heavy (non-hydrogen) atoms. The summed E-state index contributed by atoms with van der Waals surface area (Å²) in [6.45, 7) is 0. The zero-order chi connectivity index (χ0) is 19.9. The molecule has 2 aromatic carbocycles. The van der Waals surface area contributed by atoms with Crippen LogP contribution in [0.5, 0.6) is 5.75 Å². The summed E-state index contributed by atoms with van der Waals surface area (Å²) >= 11 is 0. The predicted octanol–water partition coefficient (Wildman–Crippen LogP) is 3.46. The third kappa shape index (κ3) is 3.48. The van der Waals surface area contributed by atoms with E-state index in [0.717, 1.165) is 12.1 Å². The topological polar surface area (TPSA) is 85.2 Å². The molecule has 2 heterocycles. The number of carbonyl (C=O) groups is 2. The molecule has 2 amide bonds. The van der Waals surface area contributed by atoms with Crippen LogP contribution >= 0.6 is 0 Å². The Labute approximate surface area is 156 Å². The molecular weight excluding hydrogens is 377 g/mol. The number of aromatic nitrogens is 2. The van der Waals surface area contributed by atoms with Gasteiger partial charge in [-0.05, 0) is 36.4 Å². The van der Waals surface area contributed by atoms with E-state index >= 15 is 0 Å². The normalized spacial score (nSPS) is 16.4. The number of carbonyl (C=O) groups excluding carboxylic acids is 2. The summed E-state index contributed by atoms with van der Waals surface area (Å²) in [4.78, 5) is 29.1. The molecule has 7 nitrogen and oxygen atoms in total. The first-order chi connectivity index (χ1) is 13.3. The first-order valence-corrected chi connectivity index (χ1v) is 8.24. The lowest BCUT2D eigenvalue weighted by atomic mass is 10.1. The smallest absolute Gasteiger partial charge is 0.406 e. The summed E-state index contributed by atoms with van der Waals surface area (Å²) in [7, 11) is 0. The molecule has 0 saturated carbocycles. The minimum absolute atomic E-state index is 0.0888. The van der Waals surface area contributed by atoms with Gasteiger partial charge in [-0.15, -0.1) is 13.2 Å². The van der Waals surface area contributed by atoms with Crippen molar-refractivity contribution >= 4 is 34.5 Å². The SMILES string of the molecule is O=C1CC(C(=O)Nc2ccc(OC(F)(F)F)cc2)n2c(nc3ccccc32)N1. The summed E-state index contributed by atoms with van der Waals surface area (Å²) < 4.78 is 42.1. The predicted molar refractivity (Wildman–Crippen MR) is 93.8 cm³/mol. The number of imidazole rings is 1. The quantitative estimate of drug-likeness (QED) is 0.717. The van der Waals surface area contributed by atoms with Gasteiger partial charge in [-0.2, -0.15) is 0 Å². The summed E-state index contributed by atoms with van der Waals surface area (Å²) in [5.41, 5.74) is 1.59. The molecule has 0 spiro atoms. The molecule has 0 fully saturated rings. The second-order valence-electron chi connectivity index (χ2n) is 6.12. The number of fused-ring (bicyclic) bond motifs is 3. The molecule has 0 radical (unpaired) electrons. The first-order valence-electron chi connectivity index (χ1n) is 8.24. The lowest BCUT2D eigenvalue weighted by molar-refractivity contribution is -0.274. The van der Waals surface area contributed by atoms with Crippen LogP contribution in [-0.2, 0) is 9.59 Å². The van der Waals surface area contributed by atoms with Crippen molar-refractivity contribution in [3.8, 4) is 5.75 Å². The van der Waals surface area contributed by atoms with Crippen LogP contribution < -0.4 is 15.4 Å². The van der Waals surface area contributed by atoms with E-state index in [9.17, 15) is 22.8 Å². The number of amides is 2. The number of halogens is 3. The number of hydrogen-bond acceptors (Lipinski definition) is 4. The van der Waals surface area contributed by atoms with Gasteiger partial charge in [0.25, 0.3) is 0 Å². The summed E-state index contributed by atoms with van der Waals surface area (Å²) in [5, 5.41) is 5.25. The van der Waals surface area contributed by atoms with Crippen LogP contribution in [0, 0.1) is 0 Å². The van der Waals surface area contributed by atoms with E-state index in [4.69, 9.17) is 0 Å². The van der Waals surface area contributed by atoms with Crippen molar-refractivity contribution in [2.75, 3.05) is 10.6 Å². The Morgan fingerprint density at radius 1 is 1.18 bits per heavy atom. The fourth-order valence-electron chi connectivity index (χ4n) is 3.07. The molecule has 10 heteroatoms. The number of hydrogen-bond donors (Lipinski definition) is 2. The Balaban J connectivity index is 1.58. The number of rotatable bonds is 3. The molecule has 4 rings (SSSR count). The van der Waals surface area contributed by atoms with Crippen molar-refractivity contribution in [1.82, 2.24) is 9.55 Å².